The quantitative estimate of drug-likeness (QED) is 0.0650. The fourth-order valence-electron chi connectivity index (χ4n) is 8.06. The number of anilines is 2. The van der Waals surface area contributed by atoms with E-state index in [1.165, 1.54) is 19.1 Å². The number of carbonyl (C=O) groups is 6. The third kappa shape index (κ3) is 7.05. The van der Waals surface area contributed by atoms with Crippen LogP contribution in [-0.2, 0) is 34.9 Å². The zero-order valence-electron chi connectivity index (χ0n) is 31.7. The standard InChI is InChI=1S/C44H41N3O9/c1-24-19-25(2)40(38(20-24)54-26(3)48)43(4,5)23-39(51)46-27-12-14-32-36(21-27)55-37-22-28(47-42(53)45-18-8-10-30-34(49)16-17-35(30)50)13-15-33(37)44(32)31-11-7-6-9-29(31)41(52)56-44/h6-7,9,11-17,19-22,30H,8,10,18,23H2,1-5H3,(H,46,51)(H2,45,47,53). The molecule has 1 unspecified atom stereocenters. The van der Waals surface area contributed by atoms with Crippen LogP contribution in [0.25, 0.3) is 0 Å². The number of carbonyl (C=O) groups excluding carboxylic acids is 6. The molecule has 2 aliphatic heterocycles. The van der Waals surface area contributed by atoms with E-state index in [1.807, 2.05) is 45.9 Å². The first kappa shape index (κ1) is 37.7. The van der Waals surface area contributed by atoms with Gasteiger partial charge in [-0.05, 0) is 86.4 Å². The van der Waals surface area contributed by atoms with Crippen LogP contribution in [0.1, 0.15) is 83.8 Å². The Kier molecular flexibility index (Phi) is 9.83. The molecular weight excluding hydrogens is 714 g/mol. The van der Waals surface area contributed by atoms with Gasteiger partial charge in [-0.1, -0.05) is 38.1 Å². The summed E-state index contributed by atoms with van der Waals surface area (Å²) in [5, 5.41) is 8.53. The van der Waals surface area contributed by atoms with Gasteiger partial charge in [-0.25, -0.2) is 9.59 Å². The summed E-state index contributed by atoms with van der Waals surface area (Å²) in [6.45, 7) is 9.27. The van der Waals surface area contributed by atoms with Crippen molar-refractivity contribution >= 4 is 46.8 Å². The lowest BCUT2D eigenvalue weighted by Crippen LogP contribution is -2.33. The van der Waals surface area contributed by atoms with Crippen molar-refractivity contribution in [1.82, 2.24) is 5.32 Å². The summed E-state index contributed by atoms with van der Waals surface area (Å²) >= 11 is 0. The molecule has 7 rings (SSSR count). The maximum atomic E-state index is 13.7. The number of urea groups is 1. The second kappa shape index (κ2) is 14.6. The van der Waals surface area contributed by atoms with E-state index in [4.69, 9.17) is 14.2 Å². The Morgan fingerprint density at radius 1 is 0.821 bits per heavy atom. The lowest BCUT2D eigenvalue weighted by atomic mass is 9.77. The number of fused-ring (bicyclic) bond motifs is 6. The van der Waals surface area contributed by atoms with Gasteiger partial charge in [-0.2, -0.15) is 0 Å². The first-order valence-electron chi connectivity index (χ1n) is 18.4. The van der Waals surface area contributed by atoms with E-state index in [0.29, 0.717) is 63.7 Å². The maximum Gasteiger partial charge on any atom is 0.340 e. The molecule has 12 nitrogen and oxygen atoms in total. The van der Waals surface area contributed by atoms with Crippen molar-refractivity contribution in [3.63, 3.8) is 0 Å². The van der Waals surface area contributed by atoms with Crippen LogP contribution in [0.4, 0.5) is 16.2 Å². The van der Waals surface area contributed by atoms with Gasteiger partial charge in [-0.15, -0.1) is 0 Å². The molecule has 0 saturated carbocycles. The minimum absolute atomic E-state index is 0.0615. The molecule has 4 aromatic rings. The number of ether oxygens (including phenoxy) is 3. The van der Waals surface area contributed by atoms with Gasteiger partial charge in [0.05, 0.1) is 11.5 Å². The summed E-state index contributed by atoms with van der Waals surface area (Å²) in [5.41, 5.74) is 3.46. The number of hydrogen-bond donors (Lipinski definition) is 3. The molecule has 1 atom stereocenters. The van der Waals surface area contributed by atoms with Crippen LogP contribution in [0, 0.1) is 19.8 Å². The fourth-order valence-corrected chi connectivity index (χ4v) is 8.06. The van der Waals surface area contributed by atoms with Crippen LogP contribution < -0.4 is 25.4 Å². The highest BCUT2D eigenvalue weighted by molar-refractivity contribution is 6.18. The number of rotatable bonds is 10. The monoisotopic (exact) mass is 755 g/mol. The Labute approximate surface area is 323 Å². The number of nitrogens with one attached hydrogen (secondary N) is 3. The summed E-state index contributed by atoms with van der Waals surface area (Å²) in [7, 11) is 0. The molecule has 0 fully saturated rings. The Bertz CT molecular complexity index is 2360. The largest absolute Gasteiger partial charge is 0.456 e. The maximum absolute atomic E-state index is 13.7. The molecule has 1 spiro atoms. The number of hydrogen-bond acceptors (Lipinski definition) is 9. The summed E-state index contributed by atoms with van der Waals surface area (Å²) in [6.07, 6.45) is 3.41. The number of aryl methyl sites for hydroxylation is 2. The molecule has 4 aromatic carbocycles. The third-order valence-corrected chi connectivity index (χ3v) is 10.3. The van der Waals surface area contributed by atoms with Crippen LogP contribution in [0.3, 0.4) is 0 Å². The minimum atomic E-state index is -1.37. The van der Waals surface area contributed by atoms with Crippen LogP contribution in [0.2, 0.25) is 0 Å². The molecular formula is C44H41N3O9. The lowest BCUT2D eigenvalue weighted by Gasteiger charge is -2.37. The van der Waals surface area contributed by atoms with E-state index in [0.717, 1.165) is 16.7 Å². The number of amides is 3. The molecule has 3 aliphatic rings. The number of ketones is 2. The van der Waals surface area contributed by atoms with Crippen molar-refractivity contribution in [2.24, 2.45) is 5.92 Å². The zero-order valence-corrected chi connectivity index (χ0v) is 31.7. The highest BCUT2D eigenvalue weighted by Gasteiger charge is 2.53. The number of allylic oxidation sites excluding steroid dienone is 2. The summed E-state index contributed by atoms with van der Waals surface area (Å²) in [4.78, 5) is 75.6. The van der Waals surface area contributed by atoms with Crippen LogP contribution in [0.15, 0.2) is 84.9 Å². The molecule has 1 aliphatic carbocycles. The molecule has 56 heavy (non-hydrogen) atoms. The van der Waals surface area contributed by atoms with Crippen molar-refractivity contribution in [2.45, 2.75) is 64.9 Å². The molecule has 0 aromatic heterocycles. The highest BCUT2D eigenvalue weighted by Crippen LogP contribution is 2.56. The lowest BCUT2D eigenvalue weighted by molar-refractivity contribution is -0.132. The molecule has 3 N–H and O–H groups in total. The van der Waals surface area contributed by atoms with E-state index < -0.39 is 34.9 Å². The van der Waals surface area contributed by atoms with E-state index in [-0.39, 0.29) is 30.4 Å². The van der Waals surface area contributed by atoms with Gasteiger partial charge < -0.3 is 30.2 Å². The Balaban J connectivity index is 1.13. The second-order valence-electron chi connectivity index (χ2n) is 15.0. The Morgan fingerprint density at radius 2 is 1.46 bits per heavy atom. The van der Waals surface area contributed by atoms with Gasteiger partial charge >= 0.3 is 18.0 Å². The topological polar surface area (TPSA) is 166 Å². The predicted octanol–water partition coefficient (Wildman–Crippen LogP) is 7.33. The predicted molar refractivity (Wildman–Crippen MR) is 207 cm³/mol. The van der Waals surface area contributed by atoms with Crippen LogP contribution in [-0.4, -0.2) is 42.0 Å². The van der Waals surface area contributed by atoms with Gasteiger partial charge in [-0.3, -0.25) is 19.2 Å². The molecule has 286 valence electrons. The molecule has 3 amide bonds. The van der Waals surface area contributed by atoms with Crippen LogP contribution in [0.5, 0.6) is 17.2 Å². The highest BCUT2D eigenvalue weighted by atomic mass is 16.6. The summed E-state index contributed by atoms with van der Waals surface area (Å²) < 4.78 is 18.3. The number of esters is 2. The first-order valence-corrected chi connectivity index (χ1v) is 18.4. The average molecular weight is 756 g/mol. The normalized spacial score (nSPS) is 16.8. The molecule has 2 heterocycles. The third-order valence-electron chi connectivity index (χ3n) is 10.3. The molecule has 0 bridgehead atoms. The van der Waals surface area contributed by atoms with Crippen molar-refractivity contribution in [2.75, 3.05) is 17.2 Å². The van der Waals surface area contributed by atoms with Crippen molar-refractivity contribution in [3.8, 4) is 17.2 Å². The van der Waals surface area contributed by atoms with Gasteiger partial charge in [0.2, 0.25) is 5.91 Å². The van der Waals surface area contributed by atoms with Gasteiger partial charge in [0.15, 0.2) is 17.2 Å². The Morgan fingerprint density at radius 3 is 2.12 bits per heavy atom. The average Bonchev–Trinajstić information content (AvgIpc) is 3.60. The van der Waals surface area contributed by atoms with Crippen LogP contribution >= 0.6 is 0 Å². The van der Waals surface area contributed by atoms with E-state index in [2.05, 4.69) is 16.0 Å². The number of benzene rings is 4. The van der Waals surface area contributed by atoms with E-state index in [1.54, 1.807) is 54.6 Å². The summed E-state index contributed by atoms with van der Waals surface area (Å²) in [6, 6.07) is 20.6. The van der Waals surface area contributed by atoms with E-state index in [9.17, 15) is 28.8 Å². The minimum Gasteiger partial charge on any atom is -0.456 e. The Hall–Kier alpha value is -6.56. The fraction of sp³-hybridized carbons (Fsp3) is 0.273. The van der Waals surface area contributed by atoms with Gasteiger partial charge in [0, 0.05) is 71.1 Å². The zero-order chi connectivity index (χ0) is 39.9. The van der Waals surface area contributed by atoms with Gasteiger partial charge in [0.1, 0.15) is 17.2 Å². The SMILES string of the molecule is CC(=O)Oc1cc(C)cc(C)c1C(C)(C)CC(=O)Nc1ccc2c(c1)Oc1cc(NC(=O)NCCCC3C(=O)C=CC3=O)ccc1C21OC(=O)c2ccccc21. The first-order chi connectivity index (χ1) is 26.7. The van der Waals surface area contributed by atoms with Gasteiger partial charge in [0.25, 0.3) is 0 Å². The smallest absolute Gasteiger partial charge is 0.340 e. The molecule has 0 saturated heterocycles. The van der Waals surface area contributed by atoms with E-state index >= 15 is 0 Å². The molecule has 0 radical (unpaired) electrons. The summed E-state index contributed by atoms with van der Waals surface area (Å²) in [5.74, 6) is -1.29. The molecule has 12 heteroatoms. The second-order valence-corrected chi connectivity index (χ2v) is 15.0. The van der Waals surface area contributed by atoms with Crippen molar-refractivity contribution < 1.29 is 43.0 Å². The van der Waals surface area contributed by atoms with Crippen molar-refractivity contribution in [3.05, 3.63) is 124 Å². The van der Waals surface area contributed by atoms with Crippen molar-refractivity contribution in [1.29, 1.82) is 0 Å².